The first-order chi connectivity index (χ1) is 8.13. The van der Waals surface area contributed by atoms with Crippen molar-refractivity contribution in [1.82, 2.24) is 10.6 Å². The van der Waals surface area contributed by atoms with Gasteiger partial charge in [0.05, 0.1) is 19.8 Å². The topological polar surface area (TPSA) is 59.6 Å². The lowest BCUT2D eigenvalue weighted by Crippen LogP contribution is -2.47. The zero-order chi connectivity index (χ0) is 12.7. The molecule has 0 aromatic heterocycles. The Morgan fingerprint density at radius 3 is 3.00 bits per heavy atom. The minimum atomic E-state index is 0.0215. The third-order valence-corrected chi connectivity index (χ3v) is 2.99. The van der Waals surface area contributed by atoms with Gasteiger partial charge in [-0.25, -0.2) is 0 Å². The first kappa shape index (κ1) is 14.4. The Bertz CT molecular complexity index is 236. The normalized spacial score (nSPS) is 26.5. The maximum absolute atomic E-state index is 11.6. The van der Waals surface area contributed by atoms with E-state index >= 15 is 0 Å². The van der Waals surface area contributed by atoms with Crippen LogP contribution in [0.1, 0.15) is 20.3 Å². The second-order valence-corrected chi connectivity index (χ2v) is 4.75. The number of amides is 1. The molecule has 0 bridgehead atoms. The van der Waals surface area contributed by atoms with Gasteiger partial charge in [-0.1, -0.05) is 6.92 Å². The molecule has 5 heteroatoms. The molecule has 0 aromatic rings. The van der Waals surface area contributed by atoms with Crippen molar-refractivity contribution in [2.45, 2.75) is 32.4 Å². The fraction of sp³-hybridized carbons (Fsp3) is 0.917. The van der Waals surface area contributed by atoms with Crippen LogP contribution in [0, 0.1) is 5.92 Å². The molecule has 1 saturated heterocycles. The number of nitrogens with one attached hydrogen (secondary N) is 2. The Hall–Kier alpha value is -0.650. The fourth-order valence-electron chi connectivity index (χ4n) is 2.02. The van der Waals surface area contributed by atoms with Crippen molar-refractivity contribution in [3.05, 3.63) is 0 Å². The first-order valence-corrected chi connectivity index (χ1v) is 6.23. The molecule has 100 valence electrons. The highest BCUT2D eigenvalue weighted by atomic mass is 16.5. The summed E-state index contributed by atoms with van der Waals surface area (Å²) in [6, 6.07) is 0.439. The lowest BCUT2D eigenvalue weighted by Gasteiger charge is -2.29. The van der Waals surface area contributed by atoms with Crippen LogP contribution in [-0.2, 0) is 14.3 Å². The molecule has 0 radical (unpaired) electrons. The van der Waals surface area contributed by atoms with Gasteiger partial charge in [0.25, 0.3) is 0 Å². The Morgan fingerprint density at radius 1 is 1.59 bits per heavy atom. The maximum Gasteiger partial charge on any atom is 0.234 e. The van der Waals surface area contributed by atoms with Crippen LogP contribution in [-0.4, -0.2) is 51.5 Å². The van der Waals surface area contributed by atoms with E-state index in [0.717, 1.165) is 19.6 Å². The van der Waals surface area contributed by atoms with Crippen LogP contribution < -0.4 is 10.6 Å². The summed E-state index contributed by atoms with van der Waals surface area (Å²) >= 11 is 0. The Balaban J connectivity index is 2.18. The number of carbonyl (C=O) groups excluding carboxylic acids is 1. The highest BCUT2D eigenvalue weighted by Gasteiger charge is 2.21. The number of carbonyl (C=O) groups is 1. The quantitative estimate of drug-likeness (QED) is 0.698. The molecule has 5 nitrogen and oxygen atoms in total. The van der Waals surface area contributed by atoms with E-state index < -0.39 is 0 Å². The number of hydrogen-bond donors (Lipinski definition) is 2. The van der Waals surface area contributed by atoms with Gasteiger partial charge in [-0.05, 0) is 19.3 Å². The van der Waals surface area contributed by atoms with Gasteiger partial charge in [0.15, 0.2) is 0 Å². The van der Waals surface area contributed by atoms with Crippen LogP contribution in [0.5, 0.6) is 0 Å². The second-order valence-electron chi connectivity index (χ2n) is 4.75. The third-order valence-electron chi connectivity index (χ3n) is 2.99. The summed E-state index contributed by atoms with van der Waals surface area (Å²) in [7, 11) is 1.63. The maximum atomic E-state index is 11.6. The average Bonchev–Trinajstić information content (AvgIpc) is 2.28. The van der Waals surface area contributed by atoms with Crippen molar-refractivity contribution in [3.63, 3.8) is 0 Å². The van der Waals surface area contributed by atoms with E-state index in [-0.39, 0.29) is 11.9 Å². The smallest absolute Gasteiger partial charge is 0.234 e. The largest absolute Gasteiger partial charge is 0.383 e. The molecule has 0 spiro atoms. The molecule has 3 atom stereocenters. The van der Waals surface area contributed by atoms with E-state index in [9.17, 15) is 4.79 Å². The van der Waals surface area contributed by atoms with E-state index in [2.05, 4.69) is 17.6 Å². The van der Waals surface area contributed by atoms with Gasteiger partial charge in [0, 0.05) is 25.8 Å². The molecule has 1 aliphatic rings. The summed E-state index contributed by atoms with van der Waals surface area (Å²) in [5.41, 5.74) is 0. The van der Waals surface area contributed by atoms with E-state index in [0.29, 0.717) is 25.1 Å². The molecule has 1 heterocycles. The van der Waals surface area contributed by atoms with Crippen LogP contribution >= 0.6 is 0 Å². The van der Waals surface area contributed by atoms with Crippen LogP contribution in [0.15, 0.2) is 0 Å². The fourth-order valence-corrected chi connectivity index (χ4v) is 2.02. The Morgan fingerprint density at radius 2 is 2.35 bits per heavy atom. The number of methoxy groups -OCH3 is 1. The summed E-state index contributed by atoms with van der Waals surface area (Å²) < 4.78 is 10.3. The Labute approximate surface area is 103 Å². The van der Waals surface area contributed by atoms with Crippen LogP contribution in [0.4, 0.5) is 0 Å². The summed E-state index contributed by atoms with van der Waals surface area (Å²) in [5, 5.41) is 6.16. The van der Waals surface area contributed by atoms with Crippen LogP contribution in [0.25, 0.3) is 0 Å². The molecular weight excluding hydrogens is 220 g/mol. The van der Waals surface area contributed by atoms with Crippen molar-refractivity contribution in [1.29, 1.82) is 0 Å². The van der Waals surface area contributed by atoms with E-state index in [1.165, 1.54) is 0 Å². The summed E-state index contributed by atoms with van der Waals surface area (Å²) in [5.74, 6) is 0.487. The first-order valence-electron chi connectivity index (χ1n) is 6.23. The molecule has 1 fully saturated rings. The van der Waals surface area contributed by atoms with Crippen LogP contribution in [0.3, 0.4) is 0 Å². The van der Waals surface area contributed by atoms with Gasteiger partial charge in [0.2, 0.25) is 5.91 Å². The van der Waals surface area contributed by atoms with Crippen LogP contribution in [0.2, 0.25) is 0 Å². The highest BCUT2D eigenvalue weighted by Crippen LogP contribution is 2.13. The van der Waals surface area contributed by atoms with Gasteiger partial charge in [-0.2, -0.15) is 0 Å². The van der Waals surface area contributed by atoms with Crippen molar-refractivity contribution in [2.75, 3.05) is 33.5 Å². The minimum Gasteiger partial charge on any atom is -0.383 e. The van der Waals surface area contributed by atoms with E-state index in [1.807, 2.05) is 6.92 Å². The predicted molar refractivity (Wildman–Crippen MR) is 65.9 cm³/mol. The molecule has 0 aliphatic carbocycles. The standard InChI is InChI=1S/C12H24N2O3/c1-9-7-17-5-4-11(9)13-6-12(15)14-10(2)8-16-3/h9-11,13H,4-8H2,1-3H3,(H,14,15). The molecule has 0 saturated carbocycles. The summed E-state index contributed by atoms with van der Waals surface area (Å²) in [4.78, 5) is 11.6. The number of ether oxygens (including phenoxy) is 2. The number of rotatable bonds is 6. The molecular formula is C12H24N2O3. The van der Waals surface area contributed by atoms with E-state index in [1.54, 1.807) is 7.11 Å². The monoisotopic (exact) mass is 244 g/mol. The average molecular weight is 244 g/mol. The van der Waals surface area contributed by atoms with Gasteiger partial charge < -0.3 is 20.1 Å². The summed E-state index contributed by atoms with van der Waals surface area (Å²) in [6.45, 7) is 6.53. The molecule has 1 amide bonds. The van der Waals surface area contributed by atoms with Crippen molar-refractivity contribution >= 4 is 5.91 Å². The minimum absolute atomic E-state index is 0.0215. The zero-order valence-electron chi connectivity index (χ0n) is 11.0. The van der Waals surface area contributed by atoms with E-state index in [4.69, 9.17) is 9.47 Å². The zero-order valence-corrected chi connectivity index (χ0v) is 11.0. The Kier molecular flexibility index (Phi) is 6.47. The molecule has 2 N–H and O–H groups in total. The van der Waals surface area contributed by atoms with Crippen molar-refractivity contribution < 1.29 is 14.3 Å². The molecule has 3 unspecified atom stereocenters. The lowest BCUT2D eigenvalue weighted by molar-refractivity contribution is -0.121. The third kappa shape index (κ3) is 5.48. The SMILES string of the molecule is COCC(C)NC(=O)CNC1CCOCC1C. The second kappa shape index (κ2) is 7.63. The lowest BCUT2D eigenvalue weighted by atomic mass is 9.98. The van der Waals surface area contributed by atoms with Gasteiger partial charge in [-0.15, -0.1) is 0 Å². The number of hydrogen-bond acceptors (Lipinski definition) is 4. The van der Waals surface area contributed by atoms with Crippen molar-refractivity contribution in [2.24, 2.45) is 5.92 Å². The highest BCUT2D eigenvalue weighted by molar-refractivity contribution is 5.78. The van der Waals surface area contributed by atoms with Gasteiger partial charge in [0.1, 0.15) is 0 Å². The molecule has 0 aromatic carbocycles. The molecule has 1 aliphatic heterocycles. The molecule has 17 heavy (non-hydrogen) atoms. The molecule has 1 rings (SSSR count). The summed E-state index contributed by atoms with van der Waals surface area (Å²) in [6.07, 6.45) is 0.974. The van der Waals surface area contributed by atoms with Gasteiger partial charge in [-0.3, -0.25) is 4.79 Å². The predicted octanol–water partition coefficient (Wildman–Crippen LogP) is 0.152. The van der Waals surface area contributed by atoms with Crippen molar-refractivity contribution in [3.8, 4) is 0 Å². The van der Waals surface area contributed by atoms with Gasteiger partial charge >= 0.3 is 0 Å².